The molecule has 0 aliphatic carbocycles. The zero-order valence-corrected chi connectivity index (χ0v) is 17.7. The maximum atomic E-state index is 12.7. The first-order valence-corrected chi connectivity index (χ1v) is 10.3. The van der Waals surface area contributed by atoms with Crippen molar-refractivity contribution in [1.82, 2.24) is 10.8 Å². The number of nitrogens with one attached hydrogen (secondary N) is 2. The summed E-state index contributed by atoms with van der Waals surface area (Å²) in [5, 5.41) is 21.7. The van der Waals surface area contributed by atoms with E-state index in [1.54, 1.807) is 0 Å². The highest BCUT2D eigenvalue weighted by Crippen LogP contribution is 2.18. The van der Waals surface area contributed by atoms with Gasteiger partial charge in [-0.3, -0.25) is 19.6 Å². The molecule has 0 spiro atoms. The fourth-order valence-corrected chi connectivity index (χ4v) is 2.90. The second-order valence-electron chi connectivity index (χ2n) is 7.60. The summed E-state index contributed by atoms with van der Waals surface area (Å²) < 4.78 is 4.98. The van der Waals surface area contributed by atoms with Crippen LogP contribution in [0, 0.1) is 11.8 Å². The van der Waals surface area contributed by atoms with Crippen LogP contribution in [-0.2, 0) is 19.1 Å². The Morgan fingerprint density at radius 2 is 1.54 bits per heavy atom. The molecule has 0 aromatic rings. The minimum absolute atomic E-state index is 0.00803. The fourth-order valence-electron chi connectivity index (χ4n) is 2.90. The topological polar surface area (TPSA) is 125 Å². The molecule has 0 saturated carbocycles. The van der Waals surface area contributed by atoms with Gasteiger partial charge in [0.25, 0.3) is 5.91 Å². The van der Waals surface area contributed by atoms with Crippen LogP contribution in [0.5, 0.6) is 0 Å². The molecule has 0 unspecified atom stereocenters. The Morgan fingerprint density at radius 1 is 0.964 bits per heavy atom. The molecule has 0 aliphatic heterocycles. The first-order valence-electron chi connectivity index (χ1n) is 10.3. The van der Waals surface area contributed by atoms with Gasteiger partial charge in [0.15, 0.2) is 0 Å². The Balaban J connectivity index is 4.80. The van der Waals surface area contributed by atoms with E-state index in [9.17, 15) is 19.5 Å². The molecule has 8 nitrogen and oxygen atoms in total. The van der Waals surface area contributed by atoms with Gasteiger partial charge >= 0.3 is 5.97 Å². The number of amides is 2. The second kappa shape index (κ2) is 15.3. The lowest BCUT2D eigenvalue weighted by atomic mass is 9.92. The van der Waals surface area contributed by atoms with Crippen LogP contribution in [0.25, 0.3) is 0 Å². The average Bonchev–Trinajstić information content (AvgIpc) is 2.65. The van der Waals surface area contributed by atoms with Gasteiger partial charge in [-0.15, -0.1) is 0 Å². The fraction of sp³-hybridized carbons (Fsp3) is 0.850. The lowest BCUT2D eigenvalue weighted by Crippen LogP contribution is -2.50. The maximum Gasteiger partial charge on any atom is 0.302 e. The van der Waals surface area contributed by atoms with Gasteiger partial charge in [-0.1, -0.05) is 65.7 Å². The van der Waals surface area contributed by atoms with E-state index in [0.29, 0.717) is 12.8 Å². The number of unbranched alkanes of at least 4 members (excludes halogenated alkanes) is 6. The summed E-state index contributed by atoms with van der Waals surface area (Å²) in [5.41, 5.74) is 1.40. The van der Waals surface area contributed by atoms with Crippen LogP contribution in [0.15, 0.2) is 0 Å². The van der Waals surface area contributed by atoms with Gasteiger partial charge in [-0.2, -0.15) is 0 Å². The number of aliphatic hydroxyl groups excluding tert-OH is 1. The largest absolute Gasteiger partial charge is 0.464 e. The number of rotatable bonds is 15. The van der Waals surface area contributed by atoms with Crippen LogP contribution in [0.3, 0.4) is 0 Å². The molecule has 0 radical (unpaired) electrons. The number of hydrogen-bond acceptors (Lipinski definition) is 6. The van der Waals surface area contributed by atoms with Crippen molar-refractivity contribution >= 4 is 17.8 Å². The zero-order chi connectivity index (χ0) is 21.5. The minimum Gasteiger partial charge on any atom is -0.464 e. The Hall–Kier alpha value is -1.67. The number of esters is 1. The van der Waals surface area contributed by atoms with Gasteiger partial charge in [0, 0.05) is 6.92 Å². The number of hydroxylamine groups is 1. The molecule has 0 bridgehead atoms. The molecule has 3 atom stereocenters. The molecule has 0 aromatic carbocycles. The lowest BCUT2D eigenvalue weighted by Gasteiger charge is -2.26. The zero-order valence-electron chi connectivity index (χ0n) is 17.7. The highest BCUT2D eigenvalue weighted by Gasteiger charge is 2.33. The molecular formula is C20H38N2O6. The quantitative estimate of drug-likeness (QED) is 0.144. The van der Waals surface area contributed by atoms with Gasteiger partial charge in [0.2, 0.25) is 5.91 Å². The summed E-state index contributed by atoms with van der Waals surface area (Å²) >= 11 is 0. The molecule has 0 fully saturated rings. The summed E-state index contributed by atoms with van der Waals surface area (Å²) in [7, 11) is 0. The maximum absolute atomic E-state index is 12.7. The standard InChI is InChI=1S/C20H38N2O6/c1-5-6-7-8-9-10-11-12-16(18(24)20(26)22-27)19(25)21-17(14(2)3)13-28-15(4)23/h14,16-18,24,27H,5-13H2,1-4H3,(H,21,25)(H,22,26)/t16-,17-,18+/m1/s1. The van der Waals surface area contributed by atoms with Crippen LogP contribution in [-0.4, -0.2) is 46.9 Å². The van der Waals surface area contributed by atoms with E-state index < -0.39 is 35.8 Å². The normalized spacial score (nSPS) is 14.2. The van der Waals surface area contributed by atoms with Gasteiger partial charge in [0.1, 0.15) is 12.7 Å². The SMILES string of the molecule is CCCCCCCCC[C@@H](C(=O)N[C@H](COC(C)=O)C(C)C)[C@H](O)C(=O)NO. The van der Waals surface area contributed by atoms with E-state index in [2.05, 4.69) is 12.2 Å². The van der Waals surface area contributed by atoms with Gasteiger partial charge in [-0.25, -0.2) is 5.48 Å². The van der Waals surface area contributed by atoms with E-state index in [1.165, 1.54) is 31.7 Å². The molecule has 0 heterocycles. The first kappa shape index (κ1) is 26.3. The summed E-state index contributed by atoms with van der Waals surface area (Å²) in [6.07, 6.45) is 6.01. The number of carbonyl (C=O) groups is 3. The van der Waals surface area contributed by atoms with E-state index in [4.69, 9.17) is 9.94 Å². The highest BCUT2D eigenvalue weighted by atomic mass is 16.5. The minimum atomic E-state index is -1.65. The predicted molar refractivity (Wildman–Crippen MR) is 105 cm³/mol. The van der Waals surface area contributed by atoms with E-state index >= 15 is 0 Å². The number of ether oxygens (including phenoxy) is 1. The van der Waals surface area contributed by atoms with Gasteiger partial charge in [0.05, 0.1) is 12.0 Å². The van der Waals surface area contributed by atoms with Crippen molar-refractivity contribution in [3.8, 4) is 0 Å². The van der Waals surface area contributed by atoms with Gasteiger partial charge < -0.3 is 15.2 Å². The van der Waals surface area contributed by atoms with E-state index in [0.717, 1.165) is 19.3 Å². The van der Waals surface area contributed by atoms with Crippen molar-refractivity contribution in [2.75, 3.05) is 6.61 Å². The Labute approximate surface area is 168 Å². The van der Waals surface area contributed by atoms with Crippen molar-refractivity contribution in [3.05, 3.63) is 0 Å². The molecule has 4 N–H and O–H groups in total. The Kier molecular flexibility index (Phi) is 14.4. The van der Waals surface area contributed by atoms with E-state index in [-0.39, 0.29) is 12.5 Å². The molecule has 0 aliphatic rings. The van der Waals surface area contributed by atoms with Gasteiger partial charge in [-0.05, 0) is 12.3 Å². The number of hydrogen-bond donors (Lipinski definition) is 4. The Morgan fingerprint density at radius 3 is 2.04 bits per heavy atom. The molecule has 0 saturated heterocycles. The van der Waals surface area contributed by atoms with Crippen LogP contribution < -0.4 is 10.8 Å². The third-order valence-corrected chi connectivity index (χ3v) is 4.81. The summed E-state index contributed by atoms with van der Waals surface area (Å²) in [4.78, 5) is 35.4. The second-order valence-corrected chi connectivity index (χ2v) is 7.60. The summed E-state index contributed by atoms with van der Waals surface area (Å²) in [6, 6.07) is -0.433. The van der Waals surface area contributed by atoms with Crippen LogP contribution in [0.1, 0.15) is 79.1 Å². The highest BCUT2D eigenvalue weighted by molar-refractivity contribution is 5.88. The predicted octanol–water partition coefficient (Wildman–Crippen LogP) is 2.31. The van der Waals surface area contributed by atoms with Crippen molar-refractivity contribution in [1.29, 1.82) is 0 Å². The van der Waals surface area contributed by atoms with Crippen LogP contribution in [0.4, 0.5) is 0 Å². The summed E-state index contributed by atoms with van der Waals surface area (Å²) in [6.45, 7) is 7.21. The first-order chi connectivity index (χ1) is 13.2. The third-order valence-electron chi connectivity index (χ3n) is 4.81. The molecule has 2 amide bonds. The molecule has 8 heteroatoms. The molecule has 0 aromatic heterocycles. The van der Waals surface area contributed by atoms with Crippen LogP contribution in [0.2, 0.25) is 0 Å². The third kappa shape index (κ3) is 11.2. The molecular weight excluding hydrogens is 364 g/mol. The van der Waals surface area contributed by atoms with E-state index in [1.807, 2.05) is 13.8 Å². The number of aliphatic hydroxyl groups is 1. The van der Waals surface area contributed by atoms with Crippen molar-refractivity contribution < 1.29 is 29.4 Å². The molecule has 0 rings (SSSR count). The number of carbonyl (C=O) groups excluding carboxylic acids is 3. The smallest absolute Gasteiger partial charge is 0.302 e. The lowest BCUT2D eigenvalue weighted by molar-refractivity contribution is -0.147. The van der Waals surface area contributed by atoms with Crippen molar-refractivity contribution in [2.24, 2.45) is 11.8 Å². The molecule has 164 valence electrons. The van der Waals surface area contributed by atoms with Crippen molar-refractivity contribution in [2.45, 2.75) is 91.2 Å². The Bertz CT molecular complexity index is 470. The summed E-state index contributed by atoms with van der Waals surface area (Å²) in [5.74, 6) is -2.94. The molecule has 28 heavy (non-hydrogen) atoms. The van der Waals surface area contributed by atoms with Crippen LogP contribution >= 0.6 is 0 Å². The van der Waals surface area contributed by atoms with Crippen molar-refractivity contribution in [3.63, 3.8) is 0 Å². The average molecular weight is 403 g/mol. The monoisotopic (exact) mass is 402 g/mol.